The molecule has 0 atom stereocenters. The van der Waals surface area contributed by atoms with Gasteiger partial charge in [0.05, 0.1) is 24.2 Å². The Morgan fingerprint density at radius 2 is 2.12 bits per heavy atom. The number of benzene rings is 1. The number of anilines is 1. The van der Waals surface area contributed by atoms with Crippen molar-refractivity contribution in [2.75, 3.05) is 25.5 Å². The van der Waals surface area contributed by atoms with Crippen molar-refractivity contribution in [3.8, 4) is 0 Å². The van der Waals surface area contributed by atoms with Gasteiger partial charge in [-0.05, 0) is 13.0 Å². The molecule has 0 fully saturated rings. The first kappa shape index (κ1) is 16.0. The Morgan fingerprint density at radius 3 is 2.92 bits per heavy atom. The second kappa shape index (κ2) is 6.71. The van der Waals surface area contributed by atoms with Gasteiger partial charge in [0.2, 0.25) is 0 Å². The lowest BCUT2D eigenvalue weighted by molar-refractivity contribution is 0.125. The molecule has 0 spiro atoms. The molecule has 0 aliphatic heterocycles. The highest BCUT2D eigenvalue weighted by molar-refractivity contribution is 6.06. The molecule has 1 aromatic carbocycles. The van der Waals surface area contributed by atoms with Crippen LogP contribution in [-0.2, 0) is 11.3 Å². The third-order valence-corrected chi connectivity index (χ3v) is 3.78. The average molecular weight is 329 g/mol. The maximum Gasteiger partial charge on any atom is 0.404 e. The smallest absolute Gasteiger partial charge is 0.404 e. The number of imidazole rings is 1. The predicted octanol–water partition coefficient (Wildman–Crippen LogP) is 1.76. The second-order valence-corrected chi connectivity index (χ2v) is 5.37. The number of amides is 1. The van der Waals surface area contributed by atoms with Crippen molar-refractivity contribution in [2.45, 2.75) is 13.5 Å². The van der Waals surface area contributed by atoms with Gasteiger partial charge in [0.25, 0.3) is 0 Å². The van der Waals surface area contributed by atoms with E-state index in [1.165, 1.54) is 0 Å². The van der Waals surface area contributed by atoms with Crippen molar-refractivity contribution in [3.05, 3.63) is 30.1 Å². The Bertz CT molecular complexity index is 890. The third kappa shape index (κ3) is 3.09. The summed E-state index contributed by atoms with van der Waals surface area (Å²) in [6.45, 7) is 3.55. The minimum atomic E-state index is -1.05. The number of rotatable bonds is 6. The summed E-state index contributed by atoms with van der Waals surface area (Å²) in [4.78, 5) is 19.3. The number of fused-ring (bicyclic) bond motifs is 3. The van der Waals surface area contributed by atoms with Crippen LogP contribution in [0.3, 0.4) is 0 Å². The largest absolute Gasteiger partial charge is 0.465 e. The molecule has 2 heterocycles. The van der Waals surface area contributed by atoms with E-state index in [9.17, 15) is 4.79 Å². The zero-order valence-electron chi connectivity index (χ0n) is 13.3. The third-order valence-electron chi connectivity index (χ3n) is 3.78. The van der Waals surface area contributed by atoms with E-state index in [1.807, 2.05) is 31.2 Å². The van der Waals surface area contributed by atoms with Gasteiger partial charge >= 0.3 is 6.09 Å². The van der Waals surface area contributed by atoms with Gasteiger partial charge in [-0.3, -0.25) is 0 Å². The molecule has 0 bridgehead atoms. The summed E-state index contributed by atoms with van der Waals surface area (Å²) in [5, 5.41) is 11.8. The van der Waals surface area contributed by atoms with Gasteiger partial charge in [-0.25, -0.2) is 14.8 Å². The van der Waals surface area contributed by atoms with Crippen molar-refractivity contribution < 1.29 is 14.6 Å². The number of ether oxygens (including phenoxy) is 1. The van der Waals surface area contributed by atoms with Crippen molar-refractivity contribution in [3.63, 3.8) is 0 Å². The molecule has 3 rings (SSSR count). The fraction of sp³-hybridized carbons (Fsp3) is 0.312. The van der Waals surface area contributed by atoms with E-state index in [-0.39, 0.29) is 6.54 Å². The molecule has 0 radical (unpaired) electrons. The standard InChI is InChI=1S/C16H19N5O3/c1-10-19-13-14(11-4-2-3-5-12(11)20-15(13)17)21(10)7-9-24-8-6-18-16(22)23/h2-5,18H,6-9H2,1H3,(H2,17,20)(H,22,23). The van der Waals surface area contributed by atoms with Crippen molar-refractivity contribution in [2.24, 2.45) is 0 Å². The molecule has 4 N–H and O–H groups in total. The van der Waals surface area contributed by atoms with Gasteiger partial charge in [0.15, 0.2) is 5.82 Å². The molecule has 2 aromatic heterocycles. The van der Waals surface area contributed by atoms with Crippen LogP contribution in [-0.4, -0.2) is 45.5 Å². The number of aromatic nitrogens is 3. The highest BCUT2D eigenvalue weighted by Crippen LogP contribution is 2.28. The Hall–Kier alpha value is -2.87. The second-order valence-electron chi connectivity index (χ2n) is 5.37. The van der Waals surface area contributed by atoms with Crippen LogP contribution in [0.4, 0.5) is 10.6 Å². The Labute approximate surface area is 138 Å². The van der Waals surface area contributed by atoms with Crippen LogP contribution in [0.25, 0.3) is 21.9 Å². The molecular weight excluding hydrogens is 310 g/mol. The first-order valence-electron chi connectivity index (χ1n) is 7.63. The molecule has 24 heavy (non-hydrogen) atoms. The van der Waals surface area contributed by atoms with Crippen LogP contribution in [0.2, 0.25) is 0 Å². The monoisotopic (exact) mass is 329 g/mol. The number of carbonyl (C=O) groups is 1. The van der Waals surface area contributed by atoms with Gasteiger partial charge in [0, 0.05) is 18.5 Å². The highest BCUT2D eigenvalue weighted by atomic mass is 16.5. The van der Waals surface area contributed by atoms with E-state index in [2.05, 4.69) is 19.9 Å². The molecule has 0 saturated heterocycles. The molecule has 8 heteroatoms. The lowest BCUT2D eigenvalue weighted by Gasteiger charge is -2.10. The summed E-state index contributed by atoms with van der Waals surface area (Å²) in [5.74, 6) is 1.25. The Kier molecular flexibility index (Phi) is 4.48. The van der Waals surface area contributed by atoms with Crippen LogP contribution in [0.1, 0.15) is 5.82 Å². The molecular formula is C16H19N5O3. The van der Waals surface area contributed by atoms with E-state index in [1.54, 1.807) is 0 Å². The molecule has 1 amide bonds. The maximum atomic E-state index is 10.4. The molecule has 126 valence electrons. The van der Waals surface area contributed by atoms with Gasteiger partial charge in [-0.1, -0.05) is 18.2 Å². The summed E-state index contributed by atoms with van der Waals surface area (Å²) in [7, 11) is 0. The summed E-state index contributed by atoms with van der Waals surface area (Å²) in [5.41, 5.74) is 8.51. The number of nitrogens with one attached hydrogen (secondary N) is 1. The van der Waals surface area contributed by atoms with E-state index in [0.717, 1.165) is 22.2 Å². The number of hydrogen-bond acceptors (Lipinski definition) is 5. The summed E-state index contributed by atoms with van der Waals surface area (Å²) >= 11 is 0. The van der Waals surface area contributed by atoms with E-state index < -0.39 is 6.09 Å². The molecule has 0 saturated carbocycles. The molecule has 3 aromatic rings. The van der Waals surface area contributed by atoms with Gasteiger partial charge in [-0.15, -0.1) is 0 Å². The van der Waals surface area contributed by atoms with Crippen molar-refractivity contribution in [1.29, 1.82) is 0 Å². The number of hydrogen-bond donors (Lipinski definition) is 3. The molecule has 0 aliphatic rings. The number of aryl methyl sites for hydroxylation is 1. The van der Waals surface area contributed by atoms with Gasteiger partial charge in [-0.2, -0.15) is 0 Å². The fourth-order valence-electron chi connectivity index (χ4n) is 2.73. The number of pyridine rings is 1. The zero-order chi connectivity index (χ0) is 17.1. The van der Waals surface area contributed by atoms with Gasteiger partial charge < -0.3 is 25.5 Å². The van der Waals surface area contributed by atoms with E-state index in [4.69, 9.17) is 15.6 Å². The van der Waals surface area contributed by atoms with Crippen molar-refractivity contribution in [1.82, 2.24) is 19.9 Å². The lowest BCUT2D eigenvalue weighted by Crippen LogP contribution is -2.25. The lowest BCUT2D eigenvalue weighted by atomic mass is 10.2. The van der Waals surface area contributed by atoms with Crippen molar-refractivity contribution >= 4 is 33.8 Å². The first-order valence-corrected chi connectivity index (χ1v) is 7.63. The summed E-state index contributed by atoms with van der Waals surface area (Å²) in [6, 6.07) is 7.80. The first-order chi connectivity index (χ1) is 11.6. The fourth-order valence-corrected chi connectivity index (χ4v) is 2.73. The van der Waals surface area contributed by atoms with Crippen LogP contribution >= 0.6 is 0 Å². The average Bonchev–Trinajstić information content (AvgIpc) is 2.88. The number of nitrogens with two attached hydrogens (primary N) is 1. The minimum absolute atomic E-state index is 0.263. The molecule has 0 unspecified atom stereocenters. The number of nitrogen functional groups attached to an aromatic ring is 1. The number of carboxylic acid groups (broad SMARTS) is 1. The molecule has 0 aliphatic carbocycles. The summed E-state index contributed by atoms with van der Waals surface area (Å²) < 4.78 is 7.54. The maximum absolute atomic E-state index is 10.4. The number of nitrogens with zero attached hydrogens (tertiary/aromatic N) is 3. The highest BCUT2D eigenvalue weighted by Gasteiger charge is 2.14. The van der Waals surface area contributed by atoms with Crippen LogP contribution in [0, 0.1) is 6.92 Å². The topological polar surface area (TPSA) is 115 Å². The quantitative estimate of drug-likeness (QED) is 0.594. The molecule has 8 nitrogen and oxygen atoms in total. The van der Waals surface area contributed by atoms with Crippen LogP contribution < -0.4 is 11.1 Å². The normalized spacial score (nSPS) is 11.2. The SMILES string of the molecule is Cc1nc2c(N)nc3ccccc3c2n1CCOCCNC(=O)O. The number of para-hydroxylation sites is 1. The predicted molar refractivity (Wildman–Crippen MR) is 91.0 cm³/mol. The van der Waals surface area contributed by atoms with E-state index >= 15 is 0 Å². The van der Waals surface area contributed by atoms with Gasteiger partial charge in [0.1, 0.15) is 11.3 Å². The van der Waals surface area contributed by atoms with E-state index in [0.29, 0.717) is 31.1 Å². The summed E-state index contributed by atoms with van der Waals surface area (Å²) in [6.07, 6.45) is -1.05. The minimum Gasteiger partial charge on any atom is -0.465 e. The Balaban J connectivity index is 1.83. The van der Waals surface area contributed by atoms with Crippen LogP contribution in [0.15, 0.2) is 24.3 Å². The Morgan fingerprint density at radius 1 is 1.33 bits per heavy atom. The van der Waals surface area contributed by atoms with Crippen LogP contribution in [0.5, 0.6) is 0 Å². The zero-order valence-corrected chi connectivity index (χ0v) is 13.3.